The third-order valence-corrected chi connectivity index (χ3v) is 3.26. The van der Waals surface area contributed by atoms with E-state index < -0.39 is 6.29 Å². The zero-order chi connectivity index (χ0) is 13.0. The maximum atomic E-state index is 9.45. The van der Waals surface area contributed by atoms with Crippen molar-refractivity contribution in [1.82, 2.24) is 0 Å². The fraction of sp³-hybridized carbons (Fsp3) is 0.250. The van der Waals surface area contributed by atoms with E-state index >= 15 is 0 Å². The second-order valence-electron chi connectivity index (χ2n) is 4.37. The van der Waals surface area contributed by atoms with E-state index in [2.05, 4.69) is 19.1 Å². The molecule has 0 fully saturated rings. The lowest BCUT2D eigenvalue weighted by Gasteiger charge is -2.20. The van der Waals surface area contributed by atoms with E-state index in [1.54, 1.807) is 6.07 Å². The highest BCUT2D eigenvalue weighted by molar-refractivity contribution is 5.38. The highest BCUT2D eigenvalue weighted by Gasteiger charge is 2.17. The minimum absolute atomic E-state index is 0.198. The maximum absolute atomic E-state index is 9.45. The van der Waals surface area contributed by atoms with E-state index in [4.69, 9.17) is 0 Å². The van der Waals surface area contributed by atoms with Gasteiger partial charge in [-0.15, -0.1) is 0 Å². The van der Waals surface area contributed by atoms with E-state index in [0.29, 0.717) is 5.56 Å². The molecule has 0 saturated carbocycles. The van der Waals surface area contributed by atoms with Crippen molar-refractivity contribution in [3.05, 3.63) is 71.3 Å². The second kappa shape index (κ2) is 5.80. The van der Waals surface area contributed by atoms with Crippen molar-refractivity contribution in [2.45, 2.75) is 25.6 Å². The second-order valence-corrected chi connectivity index (χ2v) is 4.37. The Balaban J connectivity index is 2.46. The molecule has 0 radical (unpaired) electrons. The molecule has 0 amide bonds. The topological polar surface area (TPSA) is 40.5 Å². The Bertz CT molecular complexity index is 491. The van der Waals surface area contributed by atoms with Gasteiger partial charge in [-0.05, 0) is 17.5 Å². The summed E-state index contributed by atoms with van der Waals surface area (Å²) < 4.78 is 0. The van der Waals surface area contributed by atoms with Crippen LogP contribution in [0.3, 0.4) is 0 Å². The van der Waals surface area contributed by atoms with Crippen LogP contribution in [0, 0.1) is 0 Å². The highest BCUT2D eigenvalue weighted by Crippen LogP contribution is 2.32. The van der Waals surface area contributed by atoms with Crippen LogP contribution in [-0.4, -0.2) is 10.2 Å². The monoisotopic (exact) mass is 242 g/mol. The summed E-state index contributed by atoms with van der Waals surface area (Å²) in [7, 11) is 0. The van der Waals surface area contributed by atoms with Gasteiger partial charge in [0.05, 0.1) is 0 Å². The molecule has 2 heteroatoms. The average Bonchev–Trinajstić information content (AvgIpc) is 2.41. The molecule has 0 bridgehead atoms. The minimum Gasteiger partial charge on any atom is -0.364 e. The molecule has 2 N–H and O–H groups in total. The van der Waals surface area contributed by atoms with E-state index in [1.807, 2.05) is 36.4 Å². The Morgan fingerprint density at radius 3 is 1.94 bits per heavy atom. The van der Waals surface area contributed by atoms with Crippen molar-refractivity contribution in [2.75, 3.05) is 0 Å². The summed E-state index contributed by atoms with van der Waals surface area (Å²) in [6.07, 6.45) is -0.493. The van der Waals surface area contributed by atoms with Gasteiger partial charge in [0, 0.05) is 11.5 Å². The highest BCUT2D eigenvalue weighted by atomic mass is 16.5. The van der Waals surface area contributed by atoms with Gasteiger partial charge in [-0.1, -0.05) is 61.5 Å². The molecular formula is C16H18O2. The van der Waals surface area contributed by atoms with Gasteiger partial charge in [-0.25, -0.2) is 0 Å². The normalized spacial score (nSPS) is 12.7. The summed E-state index contributed by atoms with van der Waals surface area (Å²) >= 11 is 0. The van der Waals surface area contributed by atoms with Gasteiger partial charge < -0.3 is 10.2 Å². The van der Waals surface area contributed by atoms with Crippen molar-refractivity contribution in [3.63, 3.8) is 0 Å². The lowest BCUT2D eigenvalue weighted by atomic mass is 9.86. The van der Waals surface area contributed by atoms with Crippen LogP contribution in [0.25, 0.3) is 0 Å². The lowest BCUT2D eigenvalue weighted by Crippen LogP contribution is -2.07. The van der Waals surface area contributed by atoms with Crippen LogP contribution in [-0.2, 0) is 0 Å². The molecule has 2 nitrogen and oxygen atoms in total. The number of hydrogen-bond acceptors (Lipinski definition) is 2. The molecule has 0 aliphatic rings. The van der Waals surface area contributed by atoms with E-state index in [9.17, 15) is 10.2 Å². The summed E-state index contributed by atoms with van der Waals surface area (Å²) in [4.78, 5) is 0. The Morgan fingerprint density at radius 1 is 0.833 bits per heavy atom. The SMILES string of the molecule is CCC(c1ccccc1)c1ccccc1C(O)O. The average molecular weight is 242 g/mol. The molecular weight excluding hydrogens is 224 g/mol. The van der Waals surface area contributed by atoms with E-state index in [0.717, 1.165) is 12.0 Å². The Kier molecular flexibility index (Phi) is 4.13. The smallest absolute Gasteiger partial charge is 0.178 e. The predicted octanol–water partition coefficient (Wildman–Crippen LogP) is 3.21. The van der Waals surface area contributed by atoms with Gasteiger partial charge in [-0.3, -0.25) is 0 Å². The lowest BCUT2D eigenvalue weighted by molar-refractivity contribution is -0.0432. The number of benzene rings is 2. The van der Waals surface area contributed by atoms with Gasteiger partial charge in [0.25, 0.3) is 0 Å². The van der Waals surface area contributed by atoms with Crippen LogP contribution in [0.5, 0.6) is 0 Å². The third kappa shape index (κ3) is 2.61. The largest absolute Gasteiger partial charge is 0.364 e. The van der Waals surface area contributed by atoms with Crippen LogP contribution >= 0.6 is 0 Å². The van der Waals surface area contributed by atoms with Gasteiger partial charge in [-0.2, -0.15) is 0 Å². The maximum Gasteiger partial charge on any atom is 0.178 e. The first-order valence-electron chi connectivity index (χ1n) is 6.24. The summed E-state index contributed by atoms with van der Waals surface area (Å²) in [5, 5.41) is 18.9. The van der Waals surface area contributed by atoms with Crippen molar-refractivity contribution >= 4 is 0 Å². The molecule has 94 valence electrons. The molecule has 0 aliphatic heterocycles. The zero-order valence-electron chi connectivity index (χ0n) is 10.5. The molecule has 2 rings (SSSR count). The fourth-order valence-electron chi connectivity index (χ4n) is 2.38. The molecule has 1 atom stereocenters. The fourth-order valence-corrected chi connectivity index (χ4v) is 2.38. The molecule has 0 saturated heterocycles. The Labute approximate surface area is 108 Å². The minimum atomic E-state index is -1.42. The van der Waals surface area contributed by atoms with Crippen LogP contribution in [0.2, 0.25) is 0 Å². The van der Waals surface area contributed by atoms with E-state index in [-0.39, 0.29) is 5.92 Å². The molecule has 2 aromatic carbocycles. The number of aliphatic hydroxyl groups is 2. The molecule has 0 heterocycles. The van der Waals surface area contributed by atoms with Gasteiger partial charge in [0.1, 0.15) is 0 Å². The zero-order valence-corrected chi connectivity index (χ0v) is 10.5. The van der Waals surface area contributed by atoms with Crippen LogP contribution in [0.15, 0.2) is 54.6 Å². The number of hydrogen-bond donors (Lipinski definition) is 2. The molecule has 2 aromatic rings. The van der Waals surface area contributed by atoms with Gasteiger partial charge in [0.15, 0.2) is 6.29 Å². The summed E-state index contributed by atoms with van der Waals surface area (Å²) in [6, 6.07) is 17.7. The summed E-state index contributed by atoms with van der Waals surface area (Å²) in [5.41, 5.74) is 2.78. The van der Waals surface area contributed by atoms with Crippen molar-refractivity contribution in [3.8, 4) is 0 Å². The first kappa shape index (κ1) is 12.8. The third-order valence-electron chi connectivity index (χ3n) is 3.26. The summed E-state index contributed by atoms with van der Waals surface area (Å²) in [6.45, 7) is 2.11. The molecule has 1 unspecified atom stereocenters. The first-order chi connectivity index (χ1) is 8.74. The van der Waals surface area contributed by atoms with Crippen LogP contribution < -0.4 is 0 Å². The van der Waals surface area contributed by atoms with Crippen LogP contribution in [0.1, 0.15) is 42.2 Å². The Morgan fingerprint density at radius 2 is 1.39 bits per heavy atom. The van der Waals surface area contributed by atoms with E-state index in [1.165, 1.54) is 5.56 Å². The molecule has 0 aliphatic carbocycles. The molecule has 0 spiro atoms. The first-order valence-corrected chi connectivity index (χ1v) is 6.24. The Hall–Kier alpha value is -1.64. The quantitative estimate of drug-likeness (QED) is 0.808. The number of aliphatic hydroxyl groups excluding tert-OH is 1. The molecule has 18 heavy (non-hydrogen) atoms. The van der Waals surface area contributed by atoms with Crippen molar-refractivity contribution < 1.29 is 10.2 Å². The van der Waals surface area contributed by atoms with Gasteiger partial charge >= 0.3 is 0 Å². The predicted molar refractivity (Wildman–Crippen MR) is 72.2 cm³/mol. The van der Waals surface area contributed by atoms with Crippen molar-refractivity contribution in [2.24, 2.45) is 0 Å². The standard InChI is InChI=1S/C16H18O2/c1-2-13(12-8-4-3-5-9-12)14-10-6-7-11-15(14)16(17)18/h3-11,13,16-18H,2H2,1H3. The number of rotatable bonds is 4. The van der Waals surface area contributed by atoms with Crippen molar-refractivity contribution in [1.29, 1.82) is 0 Å². The van der Waals surface area contributed by atoms with Crippen LogP contribution in [0.4, 0.5) is 0 Å². The molecule has 0 aromatic heterocycles. The van der Waals surface area contributed by atoms with Gasteiger partial charge in [0.2, 0.25) is 0 Å². The summed E-state index contributed by atoms with van der Waals surface area (Å²) in [5.74, 6) is 0.198.